The van der Waals surface area contributed by atoms with E-state index in [1.807, 2.05) is 6.07 Å². The highest BCUT2D eigenvalue weighted by molar-refractivity contribution is 5.19. The third kappa shape index (κ3) is 2.70. The Morgan fingerprint density at radius 1 is 1.79 bits per heavy atom. The number of hydrogen-bond donors (Lipinski definition) is 0. The predicted octanol–water partition coefficient (Wildman–Crippen LogP) is 2.66. The lowest BCUT2D eigenvalue weighted by atomic mass is 10.0. The molecular weight excluding hydrogens is 176 g/mol. The van der Waals surface area contributed by atoms with E-state index < -0.39 is 0 Å². The van der Waals surface area contributed by atoms with E-state index in [-0.39, 0.29) is 5.92 Å². The molecule has 14 heavy (non-hydrogen) atoms. The number of terminal acetylenes is 1. The Kier molecular flexibility index (Phi) is 3.87. The molecule has 0 saturated heterocycles. The van der Waals surface area contributed by atoms with Crippen molar-refractivity contribution in [1.29, 1.82) is 0 Å². The predicted molar refractivity (Wildman–Crippen MR) is 56.1 cm³/mol. The summed E-state index contributed by atoms with van der Waals surface area (Å²) in [6.07, 6.45) is 10.3. The number of hydrogen-bond acceptors (Lipinski definition) is 2. The van der Waals surface area contributed by atoms with E-state index in [1.54, 1.807) is 19.4 Å². The molecule has 0 fully saturated rings. The molecule has 1 aromatic heterocycles. The molecule has 0 N–H and O–H groups in total. The molecule has 1 heterocycles. The summed E-state index contributed by atoms with van der Waals surface area (Å²) in [5.41, 5.74) is 0. The molecule has 1 aromatic rings. The van der Waals surface area contributed by atoms with Gasteiger partial charge in [-0.3, -0.25) is 0 Å². The van der Waals surface area contributed by atoms with E-state index in [4.69, 9.17) is 15.6 Å². The van der Waals surface area contributed by atoms with Crippen LogP contribution in [0.4, 0.5) is 0 Å². The van der Waals surface area contributed by atoms with E-state index in [9.17, 15) is 0 Å². The second-order valence-corrected chi connectivity index (χ2v) is 3.00. The van der Waals surface area contributed by atoms with Crippen LogP contribution in [-0.2, 0) is 6.42 Å². The molecule has 2 nitrogen and oxygen atoms in total. The Morgan fingerprint density at radius 2 is 2.57 bits per heavy atom. The van der Waals surface area contributed by atoms with Gasteiger partial charge in [-0.25, -0.2) is 0 Å². The Morgan fingerprint density at radius 3 is 3.07 bits per heavy atom. The highest BCUT2D eigenvalue weighted by Gasteiger charge is 2.04. The van der Waals surface area contributed by atoms with Crippen LogP contribution in [0.2, 0.25) is 0 Å². The van der Waals surface area contributed by atoms with Gasteiger partial charge in [0.1, 0.15) is 12.0 Å². The highest BCUT2D eigenvalue weighted by atomic mass is 16.5. The molecule has 0 spiro atoms. The van der Waals surface area contributed by atoms with Crippen molar-refractivity contribution in [1.82, 2.24) is 0 Å². The smallest absolute Gasteiger partial charge is 0.157 e. The fourth-order valence-electron chi connectivity index (χ4n) is 1.17. The van der Waals surface area contributed by atoms with E-state index in [2.05, 4.69) is 12.5 Å². The van der Waals surface area contributed by atoms with Crippen molar-refractivity contribution >= 4 is 0 Å². The molecule has 0 aliphatic rings. The maximum Gasteiger partial charge on any atom is 0.157 e. The molecule has 0 aliphatic heterocycles. The maximum atomic E-state index is 5.30. The first-order chi connectivity index (χ1) is 6.80. The van der Waals surface area contributed by atoms with Gasteiger partial charge in [0, 0.05) is 18.4 Å². The van der Waals surface area contributed by atoms with Crippen LogP contribution in [0.5, 0.6) is 5.75 Å². The van der Waals surface area contributed by atoms with E-state index in [0.717, 1.165) is 24.4 Å². The van der Waals surface area contributed by atoms with Crippen molar-refractivity contribution in [3.63, 3.8) is 0 Å². The minimum Gasteiger partial charge on any atom is -0.493 e. The standard InChI is InChI=1S/C12H14O2/c1-4-10(5-2)6-7-11-8-12(13-3)9-14-11/h1,5,8-10H,2,6-7H2,3H3. The van der Waals surface area contributed by atoms with Gasteiger partial charge in [0.2, 0.25) is 0 Å². The second-order valence-electron chi connectivity index (χ2n) is 3.00. The monoisotopic (exact) mass is 190 g/mol. The van der Waals surface area contributed by atoms with E-state index in [1.165, 1.54) is 0 Å². The fraction of sp³-hybridized carbons (Fsp3) is 0.333. The third-order valence-electron chi connectivity index (χ3n) is 2.07. The van der Waals surface area contributed by atoms with Crippen molar-refractivity contribution in [3.8, 4) is 18.1 Å². The van der Waals surface area contributed by atoms with Crippen LogP contribution in [0, 0.1) is 18.3 Å². The van der Waals surface area contributed by atoms with Gasteiger partial charge >= 0.3 is 0 Å². The number of ether oxygens (including phenoxy) is 1. The highest BCUT2D eigenvalue weighted by Crippen LogP contribution is 2.18. The van der Waals surface area contributed by atoms with Gasteiger partial charge in [-0.05, 0) is 6.42 Å². The van der Waals surface area contributed by atoms with Crippen LogP contribution in [0.15, 0.2) is 29.4 Å². The normalized spacial score (nSPS) is 11.7. The molecule has 0 radical (unpaired) electrons. The molecule has 1 unspecified atom stereocenters. The summed E-state index contributed by atoms with van der Waals surface area (Å²) in [6, 6.07) is 1.87. The topological polar surface area (TPSA) is 22.4 Å². The lowest BCUT2D eigenvalue weighted by Gasteiger charge is -2.01. The summed E-state index contributed by atoms with van der Waals surface area (Å²) < 4.78 is 10.3. The first kappa shape index (κ1) is 10.5. The molecule has 1 atom stereocenters. The van der Waals surface area contributed by atoms with Gasteiger partial charge in [0.05, 0.1) is 7.11 Å². The summed E-state index contributed by atoms with van der Waals surface area (Å²) in [6.45, 7) is 3.67. The molecule has 1 rings (SSSR count). The first-order valence-electron chi connectivity index (χ1n) is 4.50. The SMILES string of the molecule is C#CC(C=C)CCc1cc(OC)co1. The Hall–Kier alpha value is -1.62. The van der Waals surface area contributed by atoms with Crippen LogP contribution < -0.4 is 4.74 Å². The summed E-state index contributed by atoms with van der Waals surface area (Å²) in [5, 5.41) is 0. The summed E-state index contributed by atoms with van der Waals surface area (Å²) in [5.74, 6) is 4.41. The average Bonchev–Trinajstić information content (AvgIpc) is 2.67. The molecule has 74 valence electrons. The summed E-state index contributed by atoms with van der Waals surface area (Å²) in [7, 11) is 1.61. The average molecular weight is 190 g/mol. The van der Waals surface area contributed by atoms with Crippen molar-refractivity contribution in [3.05, 3.63) is 30.7 Å². The van der Waals surface area contributed by atoms with Gasteiger partial charge < -0.3 is 9.15 Å². The van der Waals surface area contributed by atoms with Gasteiger partial charge in [0.25, 0.3) is 0 Å². The zero-order valence-electron chi connectivity index (χ0n) is 8.32. The Bertz CT molecular complexity index is 330. The molecular formula is C12H14O2. The molecule has 0 aromatic carbocycles. The van der Waals surface area contributed by atoms with Crippen LogP contribution in [0.3, 0.4) is 0 Å². The van der Waals surface area contributed by atoms with E-state index >= 15 is 0 Å². The van der Waals surface area contributed by atoms with Crippen LogP contribution in [0.1, 0.15) is 12.2 Å². The summed E-state index contributed by atoms with van der Waals surface area (Å²) >= 11 is 0. The largest absolute Gasteiger partial charge is 0.493 e. The minimum atomic E-state index is 0.117. The van der Waals surface area contributed by atoms with Crippen molar-refractivity contribution in [2.75, 3.05) is 7.11 Å². The number of aryl methyl sites for hydroxylation is 1. The van der Waals surface area contributed by atoms with Crippen molar-refractivity contribution in [2.45, 2.75) is 12.8 Å². The zero-order chi connectivity index (χ0) is 10.4. The second kappa shape index (κ2) is 5.18. The minimum absolute atomic E-state index is 0.117. The van der Waals surface area contributed by atoms with Crippen LogP contribution in [-0.4, -0.2) is 7.11 Å². The summed E-state index contributed by atoms with van der Waals surface area (Å²) in [4.78, 5) is 0. The number of furan rings is 1. The molecule has 0 aliphatic carbocycles. The molecule has 0 saturated carbocycles. The lowest BCUT2D eigenvalue weighted by Crippen LogP contribution is -1.94. The number of allylic oxidation sites excluding steroid dienone is 1. The Balaban J connectivity index is 2.45. The fourth-order valence-corrected chi connectivity index (χ4v) is 1.17. The molecule has 2 heteroatoms. The van der Waals surface area contributed by atoms with Crippen LogP contribution >= 0.6 is 0 Å². The number of methoxy groups -OCH3 is 1. The number of rotatable bonds is 5. The van der Waals surface area contributed by atoms with Crippen LogP contribution in [0.25, 0.3) is 0 Å². The third-order valence-corrected chi connectivity index (χ3v) is 2.07. The molecule has 0 bridgehead atoms. The zero-order valence-corrected chi connectivity index (χ0v) is 8.32. The Labute approximate surface area is 84.6 Å². The van der Waals surface area contributed by atoms with Gasteiger partial charge in [-0.2, -0.15) is 0 Å². The van der Waals surface area contributed by atoms with Gasteiger partial charge in [0.15, 0.2) is 5.75 Å². The van der Waals surface area contributed by atoms with Gasteiger partial charge in [-0.1, -0.05) is 12.0 Å². The first-order valence-corrected chi connectivity index (χ1v) is 4.50. The quantitative estimate of drug-likeness (QED) is 0.526. The van der Waals surface area contributed by atoms with Gasteiger partial charge in [-0.15, -0.1) is 13.0 Å². The van der Waals surface area contributed by atoms with Crippen molar-refractivity contribution < 1.29 is 9.15 Å². The lowest BCUT2D eigenvalue weighted by molar-refractivity contribution is 0.404. The maximum absolute atomic E-state index is 5.30. The van der Waals surface area contributed by atoms with E-state index in [0.29, 0.717) is 0 Å². The molecule has 0 amide bonds. The van der Waals surface area contributed by atoms with Crippen molar-refractivity contribution in [2.24, 2.45) is 5.92 Å².